The summed E-state index contributed by atoms with van der Waals surface area (Å²) in [5.74, 6) is -0.703. The first-order valence-electron chi connectivity index (χ1n) is 9.31. The van der Waals surface area contributed by atoms with Crippen molar-refractivity contribution in [1.29, 1.82) is 0 Å². The molecule has 0 saturated heterocycles. The molecule has 158 valence electrons. The monoisotopic (exact) mass is 430 g/mol. The number of hydrogen-bond acceptors (Lipinski definition) is 5. The highest BCUT2D eigenvalue weighted by Crippen LogP contribution is 2.18. The first kappa shape index (κ1) is 21.5. The van der Waals surface area contributed by atoms with Crippen LogP contribution in [-0.2, 0) is 27.8 Å². The Morgan fingerprint density at radius 2 is 1.83 bits per heavy atom. The van der Waals surface area contributed by atoms with Crippen LogP contribution in [0.2, 0.25) is 0 Å². The van der Waals surface area contributed by atoms with Gasteiger partial charge in [0.1, 0.15) is 5.82 Å². The Hall–Kier alpha value is -3.24. The second kappa shape index (κ2) is 8.64. The number of carboxylic acid groups (broad SMARTS) is 1. The van der Waals surface area contributed by atoms with E-state index in [-0.39, 0.29) is 16.9 Å². The first-order chi connectivity index (χ1) is 14.2. The summed E-state index contributed by atoms with van der Waals surface area (Å²) in [5, 5.41) is 8.71. The number of hydrazine groups is 1. The highest BCUT2D eigenvalue weighted by molar-refractivity contribution is 7.89. The molecular formula is C20H22N4O5S. The SMILES string of the molecule is CCn1c(C)nc2cc(C(=O)NNS(=O)(=O)c3ccc(CCC(=O)O)cc3)ccc21. The number of carbonyl (C=O) groups is 2. The molecule has 10 heteroatoms. The Morgan fingerprint density at radius 3 is 2.47 bits per heavy atom. The van der Waals surface area contributed by atoms with Gasteiger partial charge in [-0.3, -0.25) is 15.0 Å². The quantitative estimate of drug-likeness (QED) is 0.469. The molecule has 0 unspecified atom stereocenters. The molecule has 0 radical (unpaired) electrons. The van der Waals surface area contributed by atoms with Gasteiger partial charge in [0.05, 0.1) is 15.9 Å². The third-order valence-electron chi connectivity index (χ3n) is 4.68. The fraction of sp³-hybridized carbons (Fsp3) is 0.250. The zero-order chi connectivity index (χ0) is 21.9. The minimum Gasteiger partial charge on any atom is -0.481 e. The number of nitrogens with one attached hydrogen (secondary N) is 2. The molecule has 0 aliphatic rings. The third kappa shape index (κ3) is 4.66. The lowest BCUT2D eigenvalue weighted by atomic mass is 10.1. The number of hydrogen-bond donors (Lipinski definition) is 3. The third-order valence-corrected chi connectivity index (χ3v) is 5.94. The summed E-state index contributed by atoms with van der Waals surface area (Å²) in [6.07, 6.45) is 0.260. The van der Waals surface area contributed by atoms with Gasteiger partial charge in [0.2, 0.25) is 0 Å². The summed E-state index contributed by atoms with van der Waals surface area (Å²) < 4.78 is 26.8. The number of aliphatic carboxylic acids is 1. The number of sulfonamides is 1. The van der Waals surface area contributed by atoms with E-state index in [4.69, 9.17) is 5.11 Å². The van der Waals surface area contributed by atoms with Crippen molar-refractivity contribution in [3.63, 3.8) is 0 Å². The van der Waals surface area contributed by atoms with Crippen molar-refractivity contribution in [2.24, 2.45) is 0 Å². The average molecular weight is 430 g/mol. The summed E-state index contributed by atoms with van der Waals surface area (Å²) in [4.78, 5) is 29.5. The van der Waals surface area contributed by atoms with E-state index >= 15 is 0 Å². The molecule has 0 fully saturated rings. The van der Waals surface area contributed by atoms with Crippen LogP contribution in [-0.4, -0.2) is 35.0 Å². The number of rotatable bonds is 8. The molecule has 1 aromatic heterocycles. The first-order valence-corrected chi connectivity index (χ1v) is 10.8. The Balaban J connectivity index is 1.68. The van der Waals surface area contributed by atoms with Crippen molar-refractivity contribution >= 4 is 32.9 Å². The second-order valence-electron chi connectivity index (χ2n) is 6.70. The maximum atomic E-state index is 12.4. The topological polar surface area (TPSA) is 130 Å². The van der Waals surface area contributed by atoms with Gasteiger partial charge in [-0.25, -0.2) is 13.4 Å². The molecule has 3 rings (SSSR count). The van der Waals surface area contributed by atoms with E-state index in [0.717, 1.165) is 17.9 Å². The molecule has 2 aromatic carbocycles. The Morgan fingerprint density at radius 1 is 1.13 bits per heavy atom. The molecule has 0 atom stereocenters. The van der Waals surface area contributed by atoms with Crippen LogP contribution < -0.4 is 10.3 Å². The van der Waals surface area contributed by atoms with E-state index in [0.29, 0.717) is 17.5 Å². The van der Waals surface area contributed by atoms with Gasteiger partial charge in [-0.2, -0.15) is 0 Å². The van der Waals surface area contributed by atoms with Crippen LogP contribution in [0.15, 0.2) is 47.4 Å². The van der Waals surface area contributed by atoms with Crippen LogP contribution in [0, 0.1) is 6.92 Å². The highest BCUT2D eigenvalue weighted by Gasteiger charge is 2.17. The Bertz CT molecular complexity index is 1200. The second-order valence-corrected chi connectivity index (χ2v) is 8.39. The van der Waals surface area contributed by atoms with Gasteiger partial charge >= 0.3 is 5.97 Å². The van der Waals surface area contributed by atoms with Crippen molar-refractivity contribution in [3.05, 3.63) is 59.4 Å². The maximum Gasteiger partial charge on any atom is 0.303 e. The molecule has 0 spiro atoms. The van der Waals surface area contributed by atoms with Crippen molar-refractivity contribution in [2.75, 3.05) is 0 Å². The number of imidazole rings is 1. The van der Waals surface area contributed by atoms with Crippen LogP contribution in [0.5, 0.6) is 0 Å². The molecule has 30 heavy (non-hydrogen) atoms. The normalized spacial score (nSPS) is 11.5. The van der Waals surface area contributed by atoms with Crippen LogP contribution in [0.4, 0.5) is 0 Å². The fourth-order valence-corrected chi connectivity index (χ4v) is 3.96. The highest BCUT2D eigenvalue weighted by atomic mass is 32.2. The van der Waals surface area contributed by atoms with Crippen LogP contribution in [0.3, 0.4) is 0 Å². The van der Waals surface area contributed by atoms with Crippen LogP contribution >= 0.6 is 0 Å². The largest absolute Gasteiger partial charge is 0.481 e. The zero-order valence-electron chi connectivity index (χ0n) is 16.5. The van der Waals surface area contributed by atoms with E-state index in [1.165, 1.54) is 12.1 Å². The van der Waals surface area contributed by atoms with Crippen LogP contribution in [0.25, 0.3) is 11.0 Å². The number of aryl methyl sites for hydroxylation is 3. The summed E-state index contributed by atoms with van der Waals surface area (Å²) >= 11 is 0. The van der Waals surface area contributed by atoms with Crippen molar-refractivity contribution in [3.8, 4) is 0 Å². The molecule has 0 bridgehead atoms. The summed E-state index contributed by atoms with van der Waals surface area (Å²) in [6, 6.07) is 10.8. The lowest BCUT2D eigenvalue weighted by Crippen LogP contribution is -2.41. The van der Waals surface area contributed by atoms with E-state index < -0.39 is 21.9 Å². The van der Waals surface area contributed by atoms with Crippen molar-refractivity contribution in [1.82, 2.24) is 19.8 Å². The molecule has 0 aliphatic heterocycles. The summed E-state index contributed by atoms with van der Waals surface area (Å²) in [7, 11) is -3.98. The van der Waals surface area contributed by atoms with Gasteiger partial charge in [-0.1, -0.05) is 12.1 Å². The standard InChI is InChI=1S/C20H22N4O5S/c1-3-24-13(2)21-17-12-15(7-10-18(17)24)20(27)22-23-30(28,29)16-8-4-14(5-9-16)6-11-19(25)26/h4-5,7-10,12,23H,3,6,11H2,1-2H3,(H,22,27)(H,25,26). The fourth-order valence-electron chi connectivity index (χ4n) is 3.12. The van der Waals surface area contributed by atoms with Gasteiger partial charge in [-0.05, 0) is 56.2 Å². The Kier molecular flexibility index (Phi) is 6.18. The summed E-state index contributed by atoms with van der Waals surface area (Å²) in [6.45, 7) is 4.63. The van der Waals surface area contributed by atoms with Gasteiger partial charge in [0, 0.05) is 18.5 Å². The minimum atomic E-state index is -3.98. The van der Waals surface area contributed by atoms with E-state index in [1.54, 1.807) is 30.3 Å². The van der Waals surface area contributed by atoms with Crippen molar-refractivity contribution < 1.29 is 23.1 Å². The molecule has 0 aliphatic carbocycles. The molecular weight excluding hydrogens is 408 g/mol. The molecule has 1 amide bonds. The number of benzene rings is 2. The van der Waals surface area contributed by atoms with Gasteiger partial charge in [-0.15, -0.1) is 4.83 Å². The predicted molar refractivity (Wildman–Crippen MR) is 110 cm³/mol. The van der Waals surface area contributed by atoms with E-state index in [1.807, 2.05) is 18.4 Å². The average Bonchev–Trinajstić information content (AvgIpc) is 3.04. The molecule has 3 aromatic rings. The smallest absolute Gasteiger partial charge is 0.303 e. The molecule has 3 N–H and O–H groups in total. The lowest BCUT2D eigenvalue weighted by Gasteiger charge is -2.09. The van der Waals surface area contributed by atoms with Gasteiger partial charge in [0.25, 0.3) is 15.9 Å². The number of aromatic nitrogens is 2. The molecule has 9 nitrogen and oxygen atoms in total. The molecule has 1 heterocycles. The summed E-state index contributed by atoms with van der Waals surface area (Å²) in [5.41, 5.74) is 4.73. The predicted octanol–water partition coefficient (Wildman–Crippen LogP) is 2.01. The van der Waals surface area contributed by atoms with Gasteiger partial charge in [0.15, 0.2) is 0 Å². The lowest BCUT2D eigenvalue weighted by molar-refractivity contribution is -0.136. The maximum absolute atomic E-state index is 12.4. The number of carbonyl (C=O) groups excluding carboxylic acids is 1. The van der Waals surface area contributed by atoms with Gasteiger partial charge < -0.3 is 9.67 Å². The van der Waals surface area contributed by atoms with E-state index in [2.05, 4.69) is 15.2 Å². The minimum absolute atomic E-state index is 0.0409. The van der Waals surface area contributed by atoms with Crippen LogP contribution in [0.1, 0.15) is 35.1 Å². The number of fused-ring (bicyclic) bond motifs is 1. The number of nitrogens with zero attached hydrogens (tertiary/aromatic N) is 2. The number of amides is 1. The molecule has 0 saturated carbocycles. The Labute approximate surface area is 173 Å². The zero-order valence-corrected chi connectivity index (χ0v) is 17.4. The number of carboxylic acids is 1. The van der Waals surface area contributed by atoms with E-state index in [9.17, 15) is 18.0 Å². The van der Waals surface area contributed by atoms with Crippen molar-refractivity contribution in [2.45, 2.75) is 38.1 Å².